The summed E-state index contributed by atoms with van der Waals surface area (Å²) in [5.41, 5.74) is 0.959. The Morgan fingerprint density at radius 2 is 1.44 bits per heavy atom. The van der Waals surface area contributed by atoms with E-state index in [2.05, 4.69) is 37.2 Å². The van der Waals surface area contributed by atoms with E-state index in [0.717, 1.165) is 32.0 Å². The van der Waals surface area contributed by atoms with E-state index < -0.39 is 11.6 Å². The van der Waals surface area contributed by atoms with Crippen molar-refractivity contribution in [3.63, 3.8) is 0 Å². The fraction of sp³-hybridized carbons (Fsp3) is 0.200. The smallest absolute Gasteiger partial charge is 0.229 e. The molecule has 0 radical (unpaired) electrons. The number of anilines is 4. The third-order valence-electron chi connectivity index (χ3n) is 4.57. The highest BCUT2D eigenvalue weighted by Gasteiger charge is 2.19. The Bertz CT molecular complexity index is 891. The molecule has 2 heterocycles. The summed E-state index contributed by atoms with van der Waals surface area (Å²) in [5, 5.41) is 2.65. The van der Waals surface area contributed by atoms with E-state index >= 15 is 0 Å². The van der Waals surface area contributed by atoms with Gasteiger partial charge in [0.25, 0.3) is 0 Å². The number of para-hydroxylation sites is 2. The lowest BCUT2D eigenvalue weighted by molar-refractivity contribution is 0.590. The lowest BCUT2D eigenvalue weighted by atomic mass is 10.2. The lowest BCUT2D eigenvalue weighted by Crippen LogP contribution is -2.46. The number of aromatic nitrogens is 2. The van der Waals surface area contributed by atoms with Gasteiger partial charge in [0, 0.05) is 38.1 Å². The Balaban J connectivity index is 1.46. The molecule has 0 amide bonds. The number of benzene rings is 2. The number of rotatable bonds is 4. The topological polar surface area (TPSA) is 44.3 Å². The standard InChI is InChI=1S/C20H19F2N5/c21-16-7-4-8-17(22)19(16)25-20-23-10-9-18(24-20)27-13-11-26(12-14-27)15-5-2-1-3-6-15/h1-10H,11-14H2,(H,23,24,25). The molecule has 27 heavy (non-hydrogen) atoms. The molecule has 1 saturated heterocycles. The Labute approximate surface area is 156 Å². The Morgan fingerprint density at radius 3 is 2.15 bits per heavy atom. The minimum Gasteiger partial charge on any atom is -0.368 e. The first-order valence-electron chi connectivity index (χ1n) is 8.80. The van der Waals surface area contributed by atoms with Gasteiger partial charge >= 0.3 is 0 Å². The SMILES string of the molecule is Fc1cccc(F)c1Nc1nccc(N2CCN(c3ccccc3)CC2)n1. The summed E-state index contributed by atoms with van der Waals surface area (Å²) in [4.78, 5) is 13.0. The summed E-state index contributed by atoms with van der Waals surface area (Å²) in [6.45, 7) is 3.36. The van der Waals surface area contributed by atoms with E-state index in [9.17, 15) is 8.78 Å². The maximum Gasteiger partial charge on any atom is 0.229 e. The molecule has 2 aromatic carbocycles. The number of hydrogen-bond donors (Lipinski definition) is 1. The average molecular weight is 367 g/mol. The zero-order valence-electron chi connectivity index (χ0n) is 14.6. The Kier molecular flexibility index (Phi) is 4.82. The molecule has 1 fully saturated rings. The maximum absolute atomic E-state index is 13.8. The van der Waals surface area contributed by atoms with Crippen molar-refractivity contribution in [1.82, 2.24) is 9.97 Å². The largest absolute Gasteiger partial charge is 0.368 e. The monoisotopic (exact) mass is 367 g/mol. The van der Waals surface area contributed by atoms with Crippen LogP contribution in [0.2, 0.25) is 0 Å². The Hall–Kier alpha value is -3.22. The number of nitrogens with zero attached hydrogens (tertiary/aromatic N) is 4. The van der Waals surface area contributed by atoms with Gasteiger partial charge in [0.2, 0.25) is 5.95 Å². The molecule has 0 unspecified atom stereocenters. The summed E-state index contributed by atoms with van der Waals surface area (Å²) in [7, 11) is 0. The summed E-state index contributed by atoms with van der Waals surface area (Å²) < 4.78 is 27.6. The molecule has 0 spiro atoms. The molecule has 0 aliphatic carbocycles. The van der Waals surface area contributed by atoms with Gasteiger partial charge in [0.15, 0.2) is 0 Å². The molecule has 1 aliphatic rings. The van der Waals surface area contributed by atoms with Crippen LogP contribution in [-0.2, 0) is 0 Å². The van der Waals surface area contributed by atoms with E-state index in [4.69, 9.17) is 0 Å². The van der Waals surface area contributed by atoms with Crippen LogP contribution in [0, 0.1) is 11.6 Å². The van der Waals surface area contributed by atoms with Crippen LogP contribution in [-0.4, -0.2) is 36.1 Å². The third kappa shape index (κ3) is 3.81. The molecule has 1 aromatic heterocycles. The summed E-state index contributed by atoms with van der Waals surface area (Å²) >= 11 is 0. The second-order valence-electron chi connectivity index (χ2n) is 6.27. The highest BCUT2D eigenvalue weighted by atomic mass is 19.1. The highest BCUT2D eigenvalue weighted by Crippen LogP contribution is 2.23. The minimum absolute atomic E-state index is 0.169. The van der Waals surface area contributed by atoms with Crippen molar-refractivity contribution in [2.24, 2.45) is 0 Å². The molecule has 1 aliphatic heterocycles. The quantitative estimate of drug-likeness (QED) is 0.759. The summed E-state index contributed by atoms with van der Waals surface area (Å²) in [6.07, 6.45) is 1.59. The van der Waals surface area contributed by atoms with Gasteiger partial charge in [0.1, 0.15) is 23.1 Å². The molecule has 7 heteroatoms. The third-order valence-corrected chi connectivity index (χ3v) is 4.57. The van der Waals surface area contributed by atoms with Crippen molar-refractivity contribution in [1.29, 1.82) is 0 Å². The van der Waals surface area contributed by atoms with Crippen molar-refractivity contribution < 1.29 is 8.78 Å². The van der Waals surface area contributed by atoms with Gasteiger partial charge in [-0.2, -0.15) is 4.98 Å². The molecule has 0 bridgehead atoms. The van der Waals surface area contributed by atoms with Crippen LogP contribution in [0.3, 0.4) is 0 Å². The minimum atomic E-state index is -0.680. The van der Waals surface area contributed by atoms with Crippen molar-refractivity contribution in [2.45, 2.75) is 0 Å². The van der Waals surface area contributed by atoms with Crippen molar-refractivity contribution in [3.8, 4) is 0 Å². The second-order valence-corrected chi connectivity index (χ2v) is 6.27. The fourth-order valence-electron chi connectivity index (χ4n) is 3.15. The molecule has 1 N–H and O–H groups in total. The van der Waals surface area contributed by atoms with Gasteiger partial charge in [-0.15, -0.1) is 0 Å². The predicted molar refractivity (Wildman–Crippen MR) is 103 cm³/mol. The zero-order chi connectivity index (χ0) is 18.6. The molecule has 138 valence electrons. The number of halogens is 2. The zero-order valence-corrected chi connectivity index (χ0v) is 14.6. The molecular weight excluding hydrogens is 348 g/mol. The lowest BCUT2D eigenvalue weighted by Gasteiger charge is -2.36. The molecule has 0 atom stereocenters. The average Bonchev–Trinajstić information content (AvgIpc) is 2.72. The highest BCUT2D eigenvalue weighted by molar-refractivity contribution is 5.57. The van der Waals surface area contributed by atoms with Gasteiger partial charge in [-0.3, -0.25) is 0 Å². The van der Waals surface area contributed by atoms with Gasteiger partial charge in [-0.1, -0.05) is 24.3 Å². The van der Waals surface area contributed by atoms with Crippen molar-refractivity contribution >= 4 is 23.1 Å². The van der Waals surface area contributed by atoms with E-state index in [1.165, 1.54) is 23.9 Å². The van der Waals surface area contributed by atoms with Crippen molar-refractivity contribution in [2.75, 3.05) is 41.3 Å². The van der Waals surface area contributed by atoms with Gasteiger partial charge in [-0.25, -0.2) is 13.8 Å². The van der Waals surface area contributed by atoms with Crippen LogP contribution in [0.15, 0.2) is 60.8 Å². The second kappa shape index (κ2) is 7.57. The molecular formula is C20H19F2N5. The Morgan fingerprint density at radius 1 is 0.778 bits per heavy atom. The summed E-state index contributed by atoms with van der Waals surface area (Å²) in [5.74, 6) is -0.458. The normalized spacial score (nSPS) is 14.3. The van der Waals surface area contributed by atoms with Gasteiger partial charge in [-0.05, 0) is 30.3 Å². The van der Waals surface area contributed by atoms with Crippen LogP contribution in [0.4, 0.5) is 31.9 Å². The van der Waals surface area contributed by atoms with Crippen LogP contribution >= 0.6 is 0 Å². The maximum atomic E-state index is 13.8. The van der Waals surface area contributed by atoms with E-state index in [1.807, 2.05) is 18.2 Å². The van der Waals surface area contributed by atoms with E-state index in [1.54, 1.807) is 12.3 Å². The molecule has 5 nitrogen and oxygen atoms in total. The first kappa shape index (κ1) is 17.2. The van der Waals surface area contributed by atoms with Gasteiger partial charge in [0.05, 0.1) is 0 Å². The van der Waals surface area contributed by atoms with Crippen LogP contribution in [0.25, 0.3) is 0 Å². The van der Waals surface area contributed by atoms with E-state index in [0.29, 0.717) is 0 Å². The number of hydrogen-bond acceptors (Lipinski definition) is 5. The summed E-state index contributed by atoms with van der Waals surface area (Å²) in [6, 6.07) is 15.8. The molecule has 4 rings (SSSR count). The predicted octanol–water partition coefficient (Wildman–Crippen LogP) is 3.83. The first-order chi connectivity index (χ1) is 13.2. The number of piperazine rings is 1. The first-order valence-corrected chi connectivity index (χ1v) is 8.80. The number of nitrogens with one attached hydrogen (secondary N) is 1. The van der Waals surface area contributed by atoms with Crippen molar-refractivity contribution in [3.05, 3.63) is 72.4 Å². The van der Waals surface area contributed by atoms with Crippen LogP contribution in [0.1, 0.15) is 0 Å². The van der Waals surface area contributed by atoms with Crippen LogP contribution < -0.4 is 15.1 Å². The molecule has 3 aromatic rings. The fourth-order valence-corrected chi connectivity index (χ4v) is 3.15. The van der Waals surface area contributed by atoms with E-state index in [-0.39, 0.29) is 11.6 Å². The van der Waals surface area contributed by atoms with Gasteiger partial charge < -0.3 is 15.1 Å². The van der Waals surface area contributed by atoms with Crippen LogP contribution in [0.5, 0.6) is 0 Å². The molecule has 0 saturated carbocycles.